The minimum atomic E-state index is 0.0781. The van der Waals surface area contributed by atoms with Crippen molar-refractivity contribution in [2.45, 2.75) is 19.4 Å². The Morgan fingerprint density at radius 3 is 2.56 bits per heavy atom. The van der Waals surface area contributed by atoms with Gasteiger partial charge in [0.05, 0.1) is 32.6 Å². The van der Waals surface area contributed by atoms with Gasteiger partial charge in [-0.15, -0.1) is 0 Å². The van der Waals surface area contributed by atoms with Crippen LogP contribution in [0.1, 0.15) is 18.6 Å². The molecule has 0 N–H and O–H groups in total. The van der Waals surface area contributed by atoms with Gasteiger partial charge in [0.1, 0.15) is 5.76 Å². The Kier molecular flexibility index (Phi) is 6.09. The third kappa shape index (κ3) is 4.83. The lowest BCUT2D eigenvalue weighted by Gasteiger charge is -2.35. The van der Waals surface area contributed by atoms with Crippen LogP contribution >= 0.6 is 0 Å². The highest BCUT2D eigenvalue weighted by molar-refractivity contribution is 5.79. The van der Waals surface area contributed by atoms with Crippen molar-refractivity contribution in [1.82, 2.24) is 14.7 Å². The summed E-state index contributed by atoms with van der Waals surface area (Å²) in [4.78, 5) is 30.6. The molecule has 0 unspecified atom stereocenters. The number of likely N-dealkylation sites (tertiary alicyclic amines) is 1. The van der Waals surface area contributed by atoms with Crippen LogP contribution in [0.5, 0.6) is 0 Å². The van der Waals surface area contributed by atoms with Crippen LogP contribution in [0, 0.1) is 5.92 Å². The molecule has 7 nitrogen and oxygen atoms in total. The van der Waals surface area contributed by atoms with E-state index in [1.165, 1.54) is 0 Å². The monoisotopic (exact) mass is 349 g/mol. The van der Waals surface area contributed by atoms with Gasteiger partial charge in [-0.3, -0.25) is 14.5 Å². The van der Waals surface area contributed by atoms with E-state index in [4.69, 9.17) is 9.15 Å². The van der Waals surface area contributed by atoms with Crippen LogP contribution in [0.4, 0.5) is 0 Å². The summed E-state index contributed by atoms with van der Waals surface area (Å²) in [5.74, 6) is 1.20. The van der Waals surface area contributed by atoms with Crippen LogP contribution in [0.2, 0.25) is 0 Å². The van der Waals surface area contributed by atoms with Gasteiger partial charge in [-0.2, -0.15) is 0 Å². The topological polar surface area (TPSA) is 66.2 Å². The SMILES string of the molecule is CN(Cc1ccco1)C(=O)CN1CCC(C(=O)N2CCOCC2)CC1. The van der Waals surface area contributed by atoms with Gasteiger partial charge in [0, 0.05) is 26.1 Å². The third-order valence-corrected chi connectivity index (χ3v) is 5.02. The van der Waals surface area contributed by atoms with Gasteiger partial charge in [-0.1, -0.05) is 0 Å². The van der Waals surface area contributed by atoms with E-state index in [-0.39, 0.29) is 17.7 Å². The molecular formula is C18H27N3O4. The first-order chi connectivity index (χ1) is 12.1. The molecule has 3 rings (SSSR count). The van der Waals surface area contributed by atoms with Crippen LogP contribution in [0.25, 0.3) is 0 Å². The molecule has 0 atom stereocenters. The van der Waals surface area contributed by atoms with Crippen LogP contribution in [0.3, 0.4) is 0 Å². The fraction of sp³-hybridized carbons (Fsp3) is 0.667. The largest absolute Gasteiger partial charge is 0.467 e. The van der Waals surface area contributed by atoms with Crippen LogP contribution in [-0.4, -0.2) is 79.5 Å². The molecule has 0 spiro atoms. The van der Waals surface area contributed by atoms with Crippen molar-refractivity contribution in [1.29, 1.82) is 0 Å². The Morgan fingerprint density at radius 1 is 1.20 bits per heavy atom. The molecular weight excluding hydrogens is 322 g/mol. The lowest BCUT2D eigenvalue weighted by atomic mass is 9.95. The molecule has 0 aliphatic carbocycles. The zero-order chi connectivity index (χ0) is 17.6. The zero-order valence-corrected chi connectivity index (χ0v) is 14.9. The first-order valence-electron chi connectivity index (χ1n) is 8.98. The van der Waals surface area contributed by atoms with Crippen LogP contribution < -0.4 is 0 Å². The Hall–Kier alpha value is -1.86. The van der Waals surface area contributed by atoms with Crippen molar-refractivity contribution in [3.8, 4) is 0 Å². The van der Waals surface area contributed by atoms with E-state index in [1.807, 2.05) is 17.0 Å². The summed E-state index contributed by atoms with van der Waals surface area (Å²) in [6.07, 6.45) is 3.26. The molecule has 3 heterocycles. The number of nitrogens with zero attached hydrogens (tertiary/aromatic N) is 3. The molecule has 1 aromatic rings. The van der Waals surface area contributed by atoms with Crippen molar-refractivity contribution in [3.63, 3.8) is 0 Å². The fourth-order valence-corrected chi connectivity index (χ4v) is 3.42. The number of likely N-dealkylation sites (N-methyl/N-ethyl adjacent to an activating group) is 1. The number of ether oxygens (including phenoxy) is 1. The van der Waals surface area contributed by atoms with E-state index < -0.39 is 0 Å². The second-order valence-electron chi connectivity index (χ2n) is 6.82. The average molecular weight is 349 g/mol. The predicted molar refractivity (Wildman–Crippen MR) is 91.7 cm³/mol. The average Bonchev–Trinajstić information content (AvgIpc) is 3.15. The van der Waals surface area contributed by atoms with Crippen molar-refractivity contribution in [2.24, 2.45) is 5.92 Å². The minimum Gasteiger partial charge on any atom is -0.467 e. The maximum Gasteiger partial charge on any atom is 0.236 e. The number of furan rings is 1. The fourth-order valence-electron chi connectivity index (χ4n) is 3.42. The highest BCUT2D eigenvalue weighted by Gasteiger charge is 2.30. The normalized spacial score (nSPS) is 19.8. The van der Waals surface area contributed by atoms with E-state index >= 15 is 0 Å². The summed E-state index contributed by atoms with van der Waals surface area (Å²) < 4.78 is 10.6. The van der Waals surface area contributed by atoms with Crippen LogP contribution in [0.15, 0.2) is 22.8 Å². The van der Waals surface area contributed by atoms with Gasteiger partial charge in [0.2, 0.25) is 11.8 Å². The van der Waals surface area contributed by atoms with Crippen molar-refractivity contribution in [3.05, 3.63) is 24.2 Å². The van der Waals surface area contributed by atoms with Gasteiger partial charge in [0.15, 0.2) is 0 Å². The molecule has 1 aromatic heterocycles. The van der Waals surface area contributed by atoms with E-state index in [2.05, 4.69) is 4.90 Å². The Morgan fingerprint density at radius 2 is 1.92 bits per heavy atom. The summed E-state index contributed by atoms with van der Waals surface area (Å²) in [6.45, 7) is 5.15. The number of morpholine rings is 1. The third-order valence-electron chi connectivity index (χ3n) is 5.02. The smallest absolute Gasteiger partial charge is 0.236 e. The number of hydrogen-bond donors (Lipinski definition) is 0. The number of piperidine rings is 1. The molecule has 25 heavy (non-hydrogen) atoms. The molecule has 0 saturated carbocycles. The van der Waals surface area contributed by atoms with Crippen molar-refractivity contribution >= 4 is 11.8 Å². The number of hydrogen-bond acceptors (Lipinski definition) is 5. The lowest BCUT2D eigenvalue weighted by molar-refractivity contribution is -0.141. The van der Waals surface area contributed by atoms with Gasteiger partial charge in [-0.05, 0) is 38.1 Å². The maximum absolute atomic E-state index is 12.5. The Balaban J connectivity index is 1.41. The first kappa shape index (κ1) is 17.9. The summed E-state index contributed by atoms with van der Waals surface area (Å²) in [6, 6.07) is 3.69. The molecule has 0 bridgehead atoms. The molecule has 138 valence electrons. The predicted octanol–water partition coefficient (Wildman–Crippen LogP) is 0.809. The first-order valence-corrected chi connectivity index (χ1v) is 8.98. The molecule has 2 aliphatic rings. The highest BCUT2D eigenvalue weighted by Crippen LogP contribution is 2.20. The molecule has 7 heteroatoms. The van der Waals surface area contributed by atoms with E-state index in [1.54, 1.807) is 18.2 Å². The molecule has 0 aromatic carbocycles. The van der Waals surface area contributed by atoms with E-state index in [9.17, 15) is 9.59 Å². The van der Waals surface area contributed by atoms with Crippen molar-refractivity contribution < 1.29 is 18.7 Å². The quantitative estimate of drug-likeness (QED) is 0.787. The van der Waals surface area contributed by atoms with E-state index in [0.29, 0.717) is 39.4 Å². The van der Waals surface area contributed by atoms with Gasteiger partial charge < -0.3 is 19.0 Å². The molecule has 2 fully saturated rings. The number of amides is 2. The summed E-state index contributed by atoms with van der Waals surface area (Å²) in [5, 5.41) is 0. The summed E-state index contributed by atoms with van der Waals surface area (Å²) >= 11 is 0. The van der Waals surface area contributed by atoms with Crippen LogP contribution in [-0.2, 0) is 20.9 Å². The molecule has 2 aliphatic heterocycles. The highest BCUT2D eigenvalue weighted by atomic mass is 16.5. The van der Waals surface area contributed by atoms with Gasteiger partial charge >= 0.3 is 0 Å². The molecule has 0 radical (unpaired) electrons. The second kappa shape index (κ2) is 8.49. The van der Waals surface area contributed by atoms with Gasteiger partial charge in [-0.25, -0.2) is 0 Å². The molecule has 2 saturated heterocycles. The maximum atomic E-state index is 12.5. The van der Waals surface area contributed by atoms with E-state index in [0.717, 1.165) is 31.7 Å². The van der Waals surface area contributed by atoms with Gasteiger partial charge in [0.25, 0.3) is 0 Å². The summed E-state index contributed by atoms with van der Waals surface area (Å²) in [7, 11) is 1.79. The van der Waals surface area contributed by atoms with Crippen molar-refractivity contribution in [2.75, 3.05) is 53.0 Å². The number of rotatable bonds is 5. The standard InChI is InChI=1S/C18H27N3O4/c1-19(13-16-3-2-10-25-16)17(22)14-20-6-4-15(5-7-20)18(23)21-8-11-24-12-9-21/h2-3,10,15H,4-9,11-14H2,1H3. The summed E-state index contributed by atoms with van der Waals surface area (Å²) in [5.41, 5.74) is 0. The second-order valence-corrected chi connectivity index (χ2v) is 6.82. The number of carbonyl (C=O) groups is 2. The minimum absolute atomic E-state index is 0.0781. The Labute approximate surface area is 148 Å². The number of carbonyl (C=O) groups excluding carboxylic acids is 2. The Bertz CT molecular complexity index is 561. The lowest BCUT2D eigenvalue weighted by Crippen LogP contribution is -2.48. The molecule has 2 amide bonds. The zero-order valence-electron chi connectivity index (χ0n) is 14.9.